The number of carbonyl (C=O) groups is 1. The Morgan fingerprint density at radius 3 is 2.75 bits per heavy atom. The zero-order chi connectivity index (χ0) is 19.9. The molecule has 0 saturated heterocycles. The molecule has 0 aliphatic rings. The summed E-state index contributed by atoms with van der Waals surface area (Å²) in [7, 11) is 1.58. The first kappa shape index (κ1) is 19.1. The second-order valence-corrected chi connectivity index (χ2v) is 6.32. The molecule has 0 atom stereocenters. The van der Waals surface area contributed by atoms with E-state index in [1.165, 1.54) is 16.8 Å². The van der Waals surface area contributed by atoms with Crippen molar-refractivity contribution in [2.24, 2.45) is 5.10 Å². The maximum atomic E-state index is 12.7. The number of hydrogen-bond acceptors (Lipinski definition) is 4. The Hall–Kier alpha value is -3.67. The zero-order valence-corrected chi connectivity index (χ0v) is 15.8. The van der Waals surface area contributed by atoms with Crippen LogP contribution in [-0.4, -0.2) is 23.8 Å². The number of carbonyl (C=O) groups excluding carboxylic acids is 1. The molecule has 6 heteroatoms. The Morgan fingerprint density at radius 1 is 1.14 bits per heavy atom. The maximum absolute atomic E-state index is 12.7. The molecule has 1 N–H and O–H groups in total. The largest absolute Gasteiger partial charge is 0.497 e. The van der Waals surface area contributed by atoms with Crippen LogP contribution >= 0.6 is 0 Å². The molecular weight excluding hydrogens is 354 g/mol. The van der Waals surface area contributed by atoms with Gasteiger partial charge in [0.1, 0.15) is 11.3 Å². The lowest BCUT2D eigenvalue weighted by molar-refractivity contribution is 0.0953. The fourth-order valence-corrected chi connectivity index (χ4v) is 2.79. The van der Waals surface area contributed by atoms with Crippen LogP contribution in [-0.2, 0) is 6.54 Å². The van der Waals surface area contributed by atoms with Gasteiger partial charge in [-0.3, -0.25) is 9.59 Å². The number of pyridine rings is 1. The summed E-state index contributed by atoms with van der Waals surface area (Å²) in [5.74, 6) is 0.139. The second-order valence-electron chi connectivity index (χ2n) is 6.32. The van der Waals surface area contributed by atoms with Crippen molar-refractivity contribution in [3.63, 3.8) is 0 Å². The van der Waals surface area contributed by atoms with Gasteiger partial charge in [-0.2, -0.15) is 5.10 Å². The first-order chi connectivity index (χ1) is 13.6. The number of aromatic nitrogens is 1. The molecule has 0 bridgehead atoms. The van der Waals surface area contributed by atoms with Crippen molar-refractivity contribution >= 4 is 12.1 Å². The number of aryl methyl sites for hydroxylation is 1. The van der Waals surface area contributed by atoms with E-state index in [4.69, 9.17) is 4.74 Å². The number of rotatable bonds is 6. The third kappa shape index (κ3) is 4.73. The van der Waals surface area contributed by atoms with E-state index >= 15 is 0 Å². The number of hydrazone groups is 1. The van der Waals surface area contributed by atoms with Crippen molar-refractivity contribution in [1.29, 1.82) is 0 Å². The minimum atomic E-state index is -0.553. The lowest BCUT2D eigenvalue weighted by atomic mass is 10.1. The highest BCUT2D eigenvalue weighted by molar-refractivity contribution is 5.94. The van der Waals surface area contributed by atoms with Gasteiger partial charge < -0.3 is 9.30 Å². The smallest absolute Gasteiger partial charge is 0.276 e. The number of ether oxygens (including phenoxy) is 1. The molecule has 142 valence electrons. The molecule has 1 heterocycles. The van der Waals surface area contributed by atoms with Crippen LogP contribution in [0.15, 0.2) is 76.8 Å². The number of benzene rings is 2. The molecule has 0 aliphatic heterocycles. The summed E-state index contributed by atoms with van der Waals surface area (Å²) < 4.78 is 6.65. The van der Waals surface area contributed by atoms with Crippen molar-refractivity contribution in [3.05, 3.63) is 99.5 Å². The van der Waals surface area contributed by atoms with E-state index in [0.717, 1.165) is 16.7 Å². The molecule has 0 spiro atoms. The monoisotopic (exact) mass is 375 g/mol. The average Bonchev–Trinajstić information content (AvgIpc) is 2.70. The molecule has 1 amide bonds. The first-order valence-electron chi connectivity index (χ1n) is 8.79. The molecule has 3 aromatic rings. The van der Waals surface area contributed by atoms with Gasteiger partial charge in [-0.05, 0) is 42.3 Å². The maximum Gasteiger partial charge on any atom is 0.276 e. The van der Waals surface area contributed by atoms with Gasteiger partial charge in [0.2, 0.25) is 0 Å². The van der Waals surface area contributed by atoms with E-state index < -0.39 is 5.91 Å². The minimum Gasteiger partial charge on any atom is -0.497 e. The minimum absolute atomic E-state index is 0.0398. The molecule has 0 saturated carbocycles. The van der Waals surface area contributed by atoms with Gasteiger partial charge in [0, 0.05) is 6.20 Å². The Bertz CT molecular complexity index is 1070. The summed E-state index contributed by atoms with van der Waals surface area (Å²) in [5.41, 5.74) is 4.96. The van der Waals surface area contributed by atoms with E-state index in [0.29, 0.717) is 12.3 Å². The van der Waals surface area contributed by atoms with Gasteiger partial charge in [0.15, 0.2) is 0 Å². The number of nitrogens with zero attached hydrogens (tertiary/aromatic N) is 2. The van der Waals surface area contributed by atoms with Crippen LogP contribution in [0.25, 0.3) is 0 Å². The van der Waals surface area contributed by atoms with E-state index in [-0.39, 0.29) is 11.1 Å². The molecule has 28 heavy (non-hydrogen) atoms. The van der Waals surface area contributed by atoms with E-state index in [1.807, 2.05) is 49.4 Å². The van der Waals surface area contributed by atoms with Crippen molar-refractivity contribution in [2.75, 3.05) is 7.11 Å². The van der Waals surface area contributed by atoms with Crippen molar-refractivity contribution < 1.29 is 9.53 Å². The predicted octanol–water partition coefficient (Wildman–Crippen LogP) is 2.98. The molecule has 6 nitrogen and oxygen atoms in total. The Balaban J connectivity index is 1.73. The van der Waals surface area contributed by atoms with Crippen LogP contribution in [0.3, 0.4) is 0 Å². The molecule has 2 aromatic carbocycles. The molecule has 1 aromatic heterocycles. The van der Waals surface area contributed by atoms with Gasteiger partial charge in [-0.1, -0.05) is 42.0 Å². The number of hydrogen-bond donors (Lipinski definition) is 1. The predicted molar refractivity (Wildman–Crippen MR) is 109 cm³/mol. The highest BCUT2D eigenvalue weighted by Crippen LogP contribution is 2.10. The summed E-state index contributed by atoms with van der Waals surface area (Å²) in [6.07, 6.45) is 3.16. The summed E-state index contributed by atoms with van der Waals surface area (Å²) >= 11 is 0. The van der Waals surface area contributed by atoms with E-state index in [2.05, 4.69) is 10.5 Å². The Labute approximate surface area is 163 Å². The van der Waals surface area contributed by atoms with Gasteiger partial charge in [-0.15, -0.1) is 0 Å². The van der Waals surface area contributed by atoms with Crippen LogP contribution in [0, 0.1) is 6.92 Å². The van der Waals surface area contributed by atoms with Crippen LogP contribution in [0.5, 0.6) is 5.75 Å². The van der Waals surface area contributed by atoms with Crippen molar-refractivity contribution in [3.8, 4) is 5.75 Å². The van der Waals surface area contributed by atoms with Gasteiger partial charge in [0.05, 0.1) is 19.9 Å². The van der Waals surface area contributed by atoms with Crippen LogP contribution in [0.1, 0.15) is 27.0 Å². The first-order valence-corrected chi connectivity index (χ1v) is 8.79. The summed E-state index contributed by atoms with van der Waals surface area (Å²) in [6, 6.07) is 18.3. The number of methoxy groups -OCH3 is 1. The van der Waals surface area contributed by atoms with Crippen LogP contribution in [0.4, 0.5) is 0 Å². The fourth-order valence-electron chi connectivity index (χ4n) is 2.79. The zero-order valence-electron chi connectivity index (χ0n) is 15.8. The molecule has 0 radical (unpaired) electrons. The molecule has 0 fully saturated rings. The highest BCUT2D eigenvalue weighted by Gasteiger charge is 2.11. The molecule has 0 aliphatic carbocycles. The molecule has 3 rings (SSSR count). The third-order valence-electron chi connectivity index (χ3n) is 4.17. The van der Waals surface area contributed by atoms with Gasteiger partial charge in [0.25, 0.3) is 11.5 Å². The van der Waals surface area contributed by atoms with E-state index in [9.17, 15) is 9.59 Å². The fraction of sp³-hybridized carbons (Fsp3) is 0.136. The average molecular weight is 375 g/mol. The highest BCUT2D eigenvalue weighted by atomic mass is 16.5. The van der Waals surface area contributed by atoms with Gasteiger partial charge >= 0.3 is 0 Å². The topological polar surface area (TPSA) is 72.7 Å². The number of nitrogens with one attached hydrogen (secondary N) is 1. The number of amides is 1. The molecular formula is C22H21N3O3. The lowest BCUT2D eigenvalue weighted by Crippen LogP contribution is -2.30. The van der Waals surface area contributed by atoms with Crippen LogP contribution < -0.4 is 15.7 Å². The normalized spacial score (nSPS) is 10.8. The van der Waals surface area contributed by atoms with Crippen molar-refractivity contribution in [1.82, 2.24) is 9.99 Å². The Morgan fingerprint density at radius 2 is 1.96 bits per heavy atom. The Kier molecular flexibility index (Phi) is 6.01. The second kappa shape index (κ2) is 8.81. The van der Waals surface area contributed by atoms with Crippen molar-refractivity contribution in [2.45, 2.75) is 13.5 Å². The lowest BCUT2D eigenvalue weighted by Gasteiger charge is -2.08. The SMILES string of the molecule is COc1cccc(/C=N\NC(=O)c2cccn(Cc3cccc(C)c3)c2=O)c1. The molecule has 0 unspecified atom stereocenters. The third-order valence-corrected chi connectivity index (χ3v) is 4.17. The van der Waals surface area contributed by atoms with Crippen LogP contribution in [0.2, 0.25) is 0 Å². The summed E-state index contributed by atoms with van der Waals surface area (Å²) in [5, 5.41) is 3.93. The van der Waals surface area contributed by atoms with Gasteiger partial charge in [-0.25, -0.2) is 5.43 Å². The summed E-state index contributed by atoms with van der Waals surface area (Å²) in [6.45, 7) is 2.39. The summed E-state index contributed by atoms with van der Waals surface area (Å²) in [4.78, 5) is 25.0. The van der Waals surface area contributed by atoms with E-state index in [1.54, 1.807) is 25.4 Å². The standard InChI is InChI=1S/C22H21N3O3/c1-16-6-3-8-18(12-16)15-25-11-5-10-20(22(25)27)21(26)24-23-14-17-7-4-9-19(13-17)28-2/h3-14H,15H2,1-2H3,(H,24,26)/b23-14-. The quantitative estimate of drug-likeness (QED) is 0.532.